The van der Waals surface area contributed by atoms with Crippen LogP contribution in [-0.2, 0) is 4.79 Å². The zero-order valence-corrected chi connectivity index (χ0v) is 9.22. The molecule has 2 heterocycles. The molecule has 0 aromatic rings. The lowest BCUT2D eigenvalue weighted by Gasteiger charge is -2.27. The Morgan fingerprint density at radius 3 is 2.67 bits per heavy atom. The van der Waals surface area contributed by atoms with Gasteiger partial charge in [0.15, 0.2) is 0 Å². The van der Waals surface area contributed by atoms with Crippen molar-refractivity contribution in [2.45, 2.75) is 44.2 Å². The van der Waals surface area contributed by atoms with Gasteiger partial charge >= 0.3 is 0 Å². The van der Waals surface area contributed by atoms with Crippen LogP contribution in [0.4, 0.5) is 0 Å². The van der Waals surface area contributed by atoms with Crippen LogP contribution in [0.5, 0.6) is 0 Å². The molecule has 1 unspecified atom stereocenters. The van der Waals surface area contributed by atoms with E-state index in [4.69, 9.17) is 0 Å². The third-order valence-electron chi connectivity index (χ3n) is 3.31. The summed E-state index contributed by atoms with van der Waals surface area (Å²) in [6, 6.07) is 0.579. The Balaban J connectivity index is 1.82. The second-order valence-electron chi connectivity index (χ2n) is 4.53. The van der Waals surface area contributed by atoms with Gasteiger partial charge in [-0.25, -0.2) is 0 Å². The molecule has 1 amide bonds. The highest BCUT2D eigenvalue weighted by atomic mass is 16.2. The molecule has 2 saturated heterocycles. The summed E-state index contributed by atoms with van der Waals surface area (Å²) in [6.45, 7) is 3.00. The molecule has 0 aromatic heterocycles. The van der Waals surface area contributed by atoms with Gasteiger partial charge in [-0.05, 0) is 45.2 Å². The van der Waals surface area contributed by atoms with Gasteiger partial charge < -0.3 is 16.0 Å². The fourth-order valence-electron chi connectivity index (χ4n) is 2.37. The normalized spacial score (nSPS) is 29.6. The molecule has 0 spiro atoms. The van der Waals surface area contributed by atoms with Gasteiger partial charge in [0.2, 0.25) is 5.91 Å². The topological polar surface area (TPSA) is 53.2 Å². The van der Waals surface area contributed by atoms with Gasteiger partial charge in [0.25, 0.3) is 0 Å². The average molecular weight is 211 g/mol. The van der Waals surface area contributed by atoms with Crippen molar-refractivity contribution < 1.29 is 4.79 Å². The first kappa shape index (κ1) is 10.9. The summed E-state index contributed by atoms with van der Waals surface area (Å²) in [5.74, 6) is 0.200. The number of hydrogen-bond donors (Lipinski definition) is 3. The molecule has 4 nitrogen and oxygen atoms in total. The standard InChI is InChI=1S/C11H21N3O/c15-11-10(3-1-2-6-13-11)14-9-4-7-12-8-5-9/h9-10,12,14H,1-8H2,(H,13,15). The van der Waals surface area contributed by atoms with Crippen LogP contribution in [0, 0.1) is 0 Å². The first-order chi connectivity index (χ1) is 7.36. The van der Waals surface area contributed by atoms with Crippen LogP contribution in [-0.4, -0.2) is 37.6 Å². The van der Waals surface area contributed by atoms with Crippen molar-refractivity contribution >= 4 is 5.91 Å². The van der Waals surface area contributed by atoms with Crippen LogP contribution in [0.2, 0.25) is 0 Å². The van der Waals surface area contributed by atoms with E-state index in [1.165, 1.54) is 0 Å². The lowest BCUT2D eigenvalue weighted by molar-refractivity contribution is -0.123. The maximum Gasteiger partial charge on any atom is 0.237 e. The number of carbonyl (C=O) groups excluding carboxylic acids is 1. The van der Waals surface area contributed by atoms with Crippen LogP contribution >= 0.6 is 0 Å². The molecule has 0 aromatic carbocycles. The van der Waals surface area contributed by atoms with Gasteiger partial charge in [-0.1, -0.05) is 0 Å². The summed E-state index contributed by atoms with van der Waals surface area (Å²) >= 11 is 0. The van der Waals surface area contributed by atoms with E-state index in [0.717, 1.165) is 51.7 Å². The van der Waals surface area contributed by atoms with Gasteiger partial charge in [0.1, 0.15) is 0 Å². The molecule has 2 aliphatic heterocycles. The maximum absolute atomic E-state index is 11.7. The maximum atomic E-state index is 11.7. The number of piperidine rings is 1. The molecular formula is C11H21N3O. The molecule has 1 atom stereocenters. The summed E-state index contributed by atoms with van der Waals surface area (Å²) in [5, 5.41) is 9.80. The molecule has 0 radical (unpaired) electrons. The van der Waals surface area contributed by atoms with Gasteiger partial charge in [-0.15, -0.1) is 0 Å². The Labute approximate surface area is 91.2 Å². The van der Waals surface area contributed by atoms with E-state index in [9.17, 15) is 4.79 Å². The van der Waals surface area contributed by atoms with Crippen molar-refractivity contribution in [3.8, 4) is 0 Å². The summed E-state index contributed by atoms with van der Waals surface area (Å²) in [6.07, 6.45) is 5.56. The van der Waals surface area contributed by atoms with Crippen LogP contribution < -0.4 is 16.0 Å². The third kappa shape index (κ3) is 3.18. The minimum absolute atomic E-state index is 0.0515. The first-order valence-corrected chi connectivity index (χ1v) is 6.11. The van der Waals surface area contributed by atoms with Gasteiger partial charge in [0.05, 0.1) is 6.04 Å². The summed E-state index contributed by atoms with van der Waals surface area (Å²) in [5.41, 5.74) is 0. The Morgan fingerprint density at radius 1 is 1.07 bits per heavy atom. The number of carbonyl (C=O) groups is 1. The Morgan fingerprint density at radius 2 is 1.87 bits per heavy atom. The highest BCUT2D eigenvalue weighted by Crippen LogP contribution is 2.09. The summed E-state index contributed by atoms with van der Waals surface area (Å²) < 4.78 is 0. The van der Waals surface area contributed by atoms with E-state index in [0.29, 0.717) is 6.04 Å². The van der Waals surface area contributed by atoms with E-state index in [-0.39, 0.29) is 11.9 Å². The average Bonchev–Trinajstić information content (AvgIpc) is 2.46. The molecule has 0 saturated carbocycles. The summed E-state index contributed by atoms with van der Waals surface area (Å²) in [4.78, 5) is 11.7. The van der Waals surface area contributed by atoms with E-state index in [1.807, 2.05) is 0 Å². The van der Waals surface area contributed by atoms with Crippen molar-refractivity contribution in [2.75, 3.05) is 19.6 Å². The van der Waals surface area contributed by atoms with E-state index < -0.39 is 0 Å². The largest absolute Gasteiger partial charge is 0.355 e. The predicted molar refractivity (Wildman–Crippen MR) is 59.7 cm³/mol. The number of nitrogens with one attached hydrogen (secondary N) is 3. The second kappa shape index (κ2) is 5.47. The van der Waals surface area contributed by atoms with Crippen LogP contribution in [0.25, 0.3) is 0 Å². The van der Waals surface area contributed by atoms with E-state index in [1.54, 1.807) is 0 Å². The Kier molecular flexibility index (Phi) is 3.97. The number of amides is 1. The van der Waals surface area contributed by atoms with Gasteiger partial charge in [0, 0.05) is 12.6 Å². The predicted octanol–water partition coefficient (Wildman–Crippen LogP) is -0.00330. The molecule has 4 heteroatoms. The highest BCUT2D eigenvalue weighted by Gasteiger charge is 2.24. The van der Waals surface area contributed by atoms with E-state index >= 15 is 0 Å². The quantitative estimate of drug-likeness (QED) is 0.602. The van der Waals surface area contributed by atoms with E-state index in [2.05, 4.69) is 16.0 Å². The van der Waals surface area contributed by atoms with Crippen LogP contribution in [0.3, 0.4) is 0 Å². The first-order valence-electron chi connectivity index (χ1n) is 6.11. The molecule has 0 aliphatic carbocycles. The third-order valence-corrected chi connectivity index (χ3v) is 3.31. The molecule has 2 rings (SSSR count). The van der Waals surface area contributed by atoms with Crippen molar-refractivity contribution in [2.24, 2.45) is 0 Å². The zero-order valence-electron chi connectivity index (χ0n) is 9.22. The van der Waals surface area contributed by atoms with Crippen molar-refractivity contribution in [1.82, 2.24) is 16.0 Å². The monoisotopic (exact) mass is 211 g/mol. The van der Waals surface area contributed by atoms with Crippen molar-refractivity contribution in [1.29, 1.82) is 0 Å². The van der Waals surface area contributed by atoms with Crippen LogP contribution in [0.15, 0.2) is 0 Å². The lowest BCUT2D eigenvalue weighted by Crippen LogP contribution is -2.50. The number of rotatable bonds is 2. The van der Waals surface area contributed by atoms with Gasteiger partial charge in [-0.2, -0.15) is 0 Å². The molecule has 15 heavy (non-hydrogen) atoms. The Bertz CT molecular complexity index is 214. The fourth-order valence-corrected chi connectivity index (χ4v) is 2.37. The fraction of sp³-hybridized carbons (Fsp3) is 0.909. The minimum Gasteiger partial charge on any atom is -0.355 e. The van der Waals surface area contributed by atoms with Gasteiger partial charge in [-0.3, -0.25) is 4.79 Å². The second-order valence-corrected chi connectivity index (χ2v) is 4.53. The molecule has 0 bridgehead atoms. The molecule has 2 fully saturated rings. The molecular weight excluding hydrogens is 190 g/mol. The number of hydrogen-bond acceptors (Lipinski definition) is 3. The highest BCUT2D eigenvalue weighted by molar-refractivity contribution is 5.81. The minimum atomic E-state index is 0.0515. The lowest BCUT2D eigenvalue weighted by atomic mass is 10.0. The zero-order chi connectivity index (χ0) is 10.5. The summed E-state index contributed by atoms with van der Waals surface area (Å²) in [7, 11) is 0. The van der Waals surface area contributed by atoms with Crippen molar-refractivity contribution in [3.05, 3.63) is 0 Å². The Hall–Kier alpha value is -0.610. The molecule has 2 aliphatic rings. The molecule has 3 N–H and O–H groups in total. The smallest absolute Gasteiger partial charge is 0.237 e. The van der Waals surface area contributed by atoms with Crippen LogP contribution in [0.1, 0.15) is 32.1 Å². The SMILES string of the molecule is O=C1NCCCCC1NC1CCNCC1. The van der Waals surface area contributed by atoms with Crippen molar-refractivity contribution in [3.63, 3.8) is 0 Å². The molecule has 86 valence electrons.